The Morgan fingerprint density at radius 1 is 1.00 bits per heavy atom. The number of thiazole rings is 1. The maximum atomic E-state index is 12.9. The van der Waals surface area contributed by atoms with E-state index in [1.165, 1.54) is 17.4 Å². The molecule has 6 nitrogen and oxygen atoms in total. The smallest absolute Gasteiger partial charge is 0.416 e. The van der Waals surface area contributed by atoms with Gasteiger partial charge in [0.1, 0.15) is 23.1 Å². The molecule has 1 N–H and O–H groups in total. The first-order valence-electron chi connectivity index (χ1n) is 10.9. The van der Waals surface area contributed by atoms with Crippen LogP contribution < -0.4 is 19.5 Å². The zero-order valence-electron chi connectivity index (χ0n) is 18.7. The van der Waals surface area contributed by atoms with E-state index in [2.05, 4.69) is 10.3 Å². The van der Waals surface area contributed by atoms with Gasteiger partial charge in [0.15, 0.2) is 11.5 Å². The van der Waals surface area contributed by atoms with Gasteiger partial charge in [-0.15, -0.1) is 11.3 Å². The molecule has 36 heavy (non-hydrogen) atoms. The van der Waals surface area contributed by atoms with Gasteiger partial charge >= 0.3 is 6.18 Å². The molecule has 0 saturated heterocycles. The molecule has 1 aromatic heterocycles. The Morgan fingerprint density at radius 3 is 2.69 bits per heavy atom. The average molecular weight is 513 g/mol. The zero-order valence-corrected chi connectivity index (χ0v) is 19.5. The second kappa shape index (κ2) is 9.90. The molecular formula is C26H19F3N2O4S. The highest BCUT2D eigenvalue weighted by molar-refractivity contribution is 7.13. The van der Waals surface area contributed by atoms with Gasteiger partial charge in [0.2, 0.25) is 6.79 Å². The van der Waals surface area contributed by atoms with E-state index in [4.69, 9.17) is 14.2 Å². The predicted molar refractivity (Wildman–Crippen MR) is 127 cm³/mol. The van der Waals surface area contributed by atoms with Gasteiger partial charge in [-0.2, -0.15) is 13.2 Å². The highest BCUT2D eigenvalue weighted by Gasteiger charge is 2.30. The first-order valence-corrected chi connectivity index (χ1v) is 11.7. The van der Waals surface area contributed by atoms with Crippen LogP contribution in [0.15, 0.2) is 72.1 Å². The number of nitrogens with one attached hydrogen (secondary N) is 1. The summed E-state index contributed by atoms with van der Waals surface area (Å²) in [7, 11) is 0. The van der Waals surface area contributed by atoms with Crippen LogP contribution in [0.3, 0.4) is 0 Å². The SMILES string of the molecule is O=C(NCc1ccc2c(c1)OCO2)c1csc(-c2cccc(OCc3cccc(C(F)(F)F)c3)c2)n1. The molecule has 0 aliphatic carbocycles. The fourth-order valence-corrected chi connectivity index (χ4v) is 4.35. The molecule has 4 aromatic rings. The Morgan fingerprint density at radius 2 is 1.83 bits per heavy atom. The summed E-state index contributed by atoms with van der Waals surface area (Å²) in [5.41, 5.74) is 1.58. The van der Waals surface area contributed by atoms with Crippen molar-refractivity contribution in [2.24, 2.45) is 0 Å². The van der Waals surface area contributed by atoms with Gasteiger partial charge in [-0.05, 0) is 47.5 Å². The summed E-state index contributed by atoms with van der Waals surface area (Å²) in [5, 5.41) is 5.13. The lowest BCUT2D eigenvalue weighted by Crippen LogP contribution is -2.23. The topological polar surface area (TPSA) is 69.7 Å². The molecule has 0 spiro atoms. The molecule has 1 aliphatic heterocycles. The van der Waals surface area contributed by atoms with E-state index in [1.54, 1.807) is 35.7 Å². The van der Waals surface area contributed by atoms with Crippen LogP contribution in [0.2, 0.25) is 0 Å². The third-order valence-electron chi connectivity index (χ3n) is 5.37. The molecule has 0 atom stereocenters. The van der Waals surface area contributed by atoms with E-state index in [9.17, 15) is 18.0 Å². The van der Waals surface area contributed by atoms with Crippen LogP contribution in [0, 0.1) is 0 Å². The predicted octanol–water partition coefficient (Wildman–Crippen LogP) is 6.07. The van der Waals surface area contributed by atoms with Crippen molar-refractivity contribution in [3.63, 3.8) is 0 Å². The minimum Gasteiger partial charge on any atom is -0.489 e. The van der Waals surface area contributed by atoms with Crippen LogP contribution in [-0.2, 0) is 19.3 Å². The average Bonchev–Trinajstić information content (AvgIpc) is 3.56. The van der Waals surface area contributed by atoms with Crippen molar-refractivity contribution < 1.29 is 32.2 Å². The molecule has 0 saturated carbocycles. The highest BCUT2D eigenvalue weighted by atomic mass is 32.1. The molecule has 3 aromatic carbocycles. The lowest BCUT2D eigenvalue weighted by Gasteiger charge is -2.10. The summed E-state index contributed by atoms with van der Waals surface area (Å²) < 4.78 is 55.1. The first-order chi connectivity index (χ1) is 17.3. The second-order valence-electron chi connectivity index (χ2n) is 7.92. The van der Waals surface area contributed by atoms with Crippen LogP contribution in [0.25, 0.3) is 10.6 Å². The fourth-order valence-electron chi connectivity index (χ4n) is 3.56. The van der Waals surface area contributed by atoms with E-state index in [0.717, 1.165) is 23.3 Å². The molecule has 5 rings (SSSR count). The molecule has 0 bridgehead atoms. The standard InChI is InChI=1S/C26H19F3N2O4S/c27-26(28,29)19-5-1-3-17(9-19)13-33-20-6-2-4-18(11-20)25-31-21(14-36-25)24(32)30-12-16-7-8-22-23(10-16)35-15-34-22/h1-11,14H,12-13,15H2,(H,30,32). The normalized spacial score (nSPS) is 12.4. The van der Waals surface area contributed by atoms with E-state index >= 15 is 0 Å². The van der Waals surface area contributed by atoms with E-state index < -0.39 is 11.7 Å². The number of hydrogen-bond acceptors (Lipinski definition) is 6. The summed E-state index contributed by atoms with van der Waals surface area (Å²) in [6.07, 6.45) is -4.41. The van der Waals surface area contributed by atoms with Crippen molar-refractivity contribution in [2.45, 2.75) is 19.3 Å². The van der Waals surface area contributed by atoms with Crippen molar-refractivity contribution in [2.75, 3.05) is 6.79 Å². The number of aromatic nitrogens is 1. The quantitative estimate of drug-likeness (QED) is 0.326. The van der Waals surface area contributed by atoms with Gasteiger partial charge in [-0.3, -0.25) is 4.79 Å². The Kier molecular flexibility index (Phi) is 6.51. The van der Waals surface area contributed by atoms with Crippen LogP contribution in [0.1, 0.15) is 27.2 Å². The number of amides is 1. The summed E-state index contributed by atoms with van der Waals surface area (Å²) in [4.78, 5) is 17.0. The van der Waals surface area contributed by atoms with Gasteiger partial charge < -0.3 is 19.5 Å². The van der Waals surface area contributed by atoms with Gasteiger partial charge in [0.25, 0.3) is 5.91 Å². The van der Waals surface area contributed by atoms with Gasteiger partial charge in [0.05, 0.1) is 5.56 Å². The highest BCUT2D eigenvalue weighted by Crippen LogP contribution is 2.33. The molecule has 10 heteroatoms. The van der Waals surface area contributed by atoms with Crippen molar-refractivity contribution in [3.8, 4) is 27.8 Å². The number of rotatable bonds is 7. The lowest BCUT2D eigenvalue weighted by molar-refractivity contribution is -0.137. The van der Waals surface area contributed by atoms with Gasteiger partial charge in [-0.25, -0.2) is 4.98 Å². The number of halogens is 3. The molecule has 184 valence electrons. The third-order valence-corrected chi connectivity index (χ3v) is 6.26. The number of benzene rings is 3. The number of carbonyl (C=O) groups is 1. The summed E-state index contributed by atoms with van der Waals surface area (Å²) in [5.74, 6) is 1.49. The summed E-state index contributed by atoms with van der Waals surface area (Å²) >= 11 is 1.31. The van der Waals surface area contributed by atoms with E-state index in [-0.39, 0.29) is 25.0 Å². The summed E-state index contributed by atoms with van der Waals surface area (Å²) in [6.45, 7) is 0.476. The lowest BCUT2D eigenvalue weighted by atomic mass is 10.1. The van der Waals surface area contributed by atoms with Crippen LogP contribution >= 0.6 is 11.3 Å². The van der Waals surface area contributed by atoms with Crippen molar-refractivity contribution >= 4 is 17.2 Å². The summed E-state index contributed by atoms with van der Waals surface area (Å²) in [6, 6.07) is 17.5. The fraction of sp³-hybridized carbons (Fsp3) is 0.154. The Balaban J connectivity index is 1.21. The van der Waals surface area contributed by atoms with E-state index in [0.29, 0.717) is 34.4 Å². The molecule has 1 aliphatic rings. The first kappa shape index (κ1) is 23.7. The molecule has 2 heterocycles. The monoisotopic (exact) mass is 512 g/mol. The van der Waals surface area contributed by atoms with Crippen molar-refractivity contribution in [1.82, 2.24) is 10.3 Å². The molecule has 0 unspecified atom stereocenters. The van der Waals surface area contributed by atoms with Crippen LogP contribution in [-0.4, -0.2) is 17.7 Å². The van der Waals surface area contributed by atoms with Crippen LogP contribution in [0.4, 0.5) is 13.2 Å². The molecule has 0 fully saturated rings. The largest absolute Gasteiger partial charge is 0.489 e. The third kappa shape index (κ3) is 5.44. The molecule has 1 amide bonds. The minimum absolute atomic E-state index is 0.0151. The Bertz CT molecular complexity index is 1400. The maximum absolute atomic E-state index is 12.9. The number of fused-ring (bicyclic) bond motifs is 1. The van der Waals surface area contributed by atoms with Crippen molar-refractivity contribution in [1.29, 1.82) is 0 Å². The second-order valence-corrected chi connectivity index (χ2v) is 8.78. The van der Waals surface area contributed by atoms with Gasteiger partial charge in [-0.1, -0.05) is 30.3 Å². The minimum atomic E-state index is -4.41. The number of ether oxygens (including phenoxy) is 3. The number of alkyl halides is 3. The Hall–Kier alpha value is -4.05. The Labute approximate surface area is 208 Å². The number of hydrogen-bond donors (Lipinski definition) is 1. The van der Waals surface area contributed by atoms with Gasteiger partial charge in [0, 0.05) is 17.5 Å². The molecule has 0 radical (unpaired) electrons. The number of carbonyl (C=O) groups excluding carboxylic acids is 1. The van der Waals surface area contributed by atoms with Crippen molar-refractivity contribution in [3.05, 3.63) is 94.5 Å². The molecular weight excluding hydrogens is 493 g/mol. The zero-order chi connectivity index (χ0) is 25.1. The van der Waals surface area contributed by atoms with Crippen LogP contribution in [0.5, 0.6) is 17.2 Å². The number of nitrogens with zero attached hydrogens (tertiary/aromatic N) is 1. The van der Waals surface area contributed by atoms with E-state index in [1.807, 2.05) is 18.2 Å². The maximum Gasteiger partial charge on any atom is 0.416 e.